The molecule has 0 saturated carbocycles. The van der Waals surface area contributed by atoms with Crippen LogP contribution in [-0.2, 0) is 32.6 Å². The Morgan fingerprint density at radius 1 is 0.891 bits per heavy atom. The zero-order valence-corrected chi connectivity index (χ0v) is 29.4. The molecule has 4 aromatic rings. The Bertz CT molecular complexity index is 1750. The lowest BCUT2D eigenvalue weighted by molar-refractivity contribution is -0.140. The second kappa shape index (κ2) is 16.3. The molecule has 4 aromatic carbocycles. The SMILES string of the molecule is CCCCNC(=O)[C@@H](Cc1ccccc1)N(Cc1cccc(Br)c1)C(=O)CN(c1cc(Cl)ccc1C)S(=O)(=O)c1ccc(C)cc1. The van der Waals surface area contributed by atoms with Gasteiger partial charge in [0.25, 0.3) is 10.0 Å². The molecule has 0 radical (unpaired) electrons. The summed E-state index contributed by atoms with van der Waals surface area (Å²) in [5.41, 5.74) is 3.48. The van der Waals surface area contributed by atoms with E-state index in [1.165, 1.54) is 17.0 Å². The monoisotopic (exact) mass is 723 g/mol. The Morgan fingerprint density at radius 3 is 2.26 bits per heavy atom. The molecular formula is C36H39BrClN3O4S. The molecule has 0 aliphatic carbocycles. The zero-order chi connectivity index (χ0) is 33.3. The van der Waals surface area contributed by atoms with Crippen LogP contribution in [-0.4, -0.2) is 44.3 Å². The summed E-state index contributed by atoms with van der Waals surface area (Å²) in [6.45, 7) is 5.69. The number of sulfonamides is 1. The van der Waals surface area contributed by atoms with Crippen molar-refractivity contribution in [2.75, 3.05) is 17.4 Å². The molecule has 2 amide bonds. The lowest BCUT2D eigenvalue weighted by Crippen LogP contribution is -2.53. The van der Waals surface area contributed by atoms with Crippen LogP contribution in [0, 0.1) is 13.8 Å². The van der Waals surface area contributed by atoms with Gasteiger partial charge in [-0.15, -0.1) is 0 Å². The van der Waals surface area contributed by atoms with E-state index in [9.17, 15) is 18.0 Å². The van der Waals surface area contributed by atoms with Crippen LogP contribution in [0.5, 0.6) is 0 Å². The summed E-state index contributed by atoms with van der Waals surface area (Å²) >= 11 is 9.88. The van der Waals surface area contributed by atoms with E-state index >= 15 is 0 Å². The van der Waals surface area contributed by atoms with E-state index in [-0.39, 0.29) is 29.5 Å². The van der Waals surface area contributed by atoms with Crippen molar-refractivity contribution in [3.63, 3.8) is 0 Å². The number of carbonyl (C=O) groups is 2. The highest BCUT2D eigenvalue weighted by molar-refractivity contribution is 9.10. The first-order valence-electron chi connectivity index (χ1n) is 15.2. The number of halogens is 2. The van der Waals surface area contributed by atoms with Gasteiger partial charge in [0.2, 0.25) is 11.8 Å². The molecule has 10 heteroatoms. The summed E-state index contributed by atoms with van der Waals surface area (Å²) in [6.07, 6.45) is 1.94. The second-order valence-electron chi connectivity index (χ2n) is 11.3. The second-order valence-corrected chi connectivity index (χ2v) is 14.5. The van der Waals surface area contributed by atoms with E-state index in [2.05, 4.69) is 21.2 Å². The molecule has 0 saturated heterocycles. The number of hydrogen-bond acceptors (Lipinski definition) is 4. The highest BCUT2D eigenvalue weighted by Gasteiger charge is 2.35. The molecule has 46 heavy (non-hydrogen) atoms. The third kappa shape index (κ3) is 9.21. The first kappa shape index (κ1) is 35.2. The molecule has 0 aliphatic heterocycles. The standard InChI is InChI=1S/C36H39BrClN3O4S/c1-4-5-20-39-36(43)34(22-28-10-7-6-8-11-28)40(24-29-12-9-13-30(37)21-29)35(42)25-41(33-23-31(38)17-16-27(33)3)46(44,45)32-18-14-26(2)15-19-32/h6-19,21,23,34H,4-5,20,22,24-25H2,1-3H3,(H,39,43)/t34-/m1/s1. The number of nitrogens with zero attached hydrogens (tertiary/aromatic N) is 2. The Balaban J connectivity index is 1.82. The molecule has 242 valence electrons. The zero-order valence-electron chi connectivity index (χ0n) is 26.2. The Morgan fingerprint density at radius 2 is 1.59 bits per heavy atom. The molecule has 0 heterocycles. The van der Waals surface area contributed by atoms with Crippen molar-refractivity contribution in [3.8, 4) is 0 Å². The van der Waals surface area contributed by atoms with E-state index in [1.807, 2.05) is 68.4 Å². The van der Waals surface area contributed by atoms with Crippen LogP contribution >= 0.6 is 27.5 Å². The van der Waals surface area contributed by atoms with Crippen molar-refractivity contribution in [3.05, 3.63) is 129 Å². The minimum Gasteiger partial charge on any atom is -0.354 e. The van der Waals surface area contributed by atoms with Crippen LogP contribution in [0.25, 0.3) is 0 Å². The van der Waals surface area contributed by atoms with Gasteiger partial charge in [0.1, 0.15) is 12.6 Å². The highest BCUT2D eigenvalue weighted by Crippen LogP contribution is 2.30. The van der Waals surface area contributed by atoms with E-state index < -0.39 is 28.5 Å². The molecular weight excluding hydrogens is 686 g/mol. The van der Waals surface area contributed by atoms with Crippen molar-refractivity contribution in [1.82, 2.24) is 10.2 Å². The number of amides is 2. The molecule has 0 aliphatic rings. The third-order valence-electron chi connectivity index (χ3n) is 7.67. The van der Waals surface area contributed by atoms with Crippen molar-refractivity contribution in [2.45, 2.75) is 57.5 Å². The summed E-state index contributed by atoms with van der Waals surface area (Å²) in [7, 11) is -4.22. The molecule has 1 atom stereocenters. The number of anilines is 1. The molecule has 4 rings (SSSR count). The van der Waals surface area contributed by atoms with Gasteiger partial charge in [-0.25, -0.2) is 8.42 Å². The van der Waals surface area contributed by atoms with Crippen molar-refractivity contribution in [2.24, 2.45) is 0 Å². The van der Waals surface area contributed by atoms with Gasteiger partial charge in [0.05, 0.1) is 10.6 Å². The van der Waals surface area contributed by atoms with Gasteiger partial charge in [0.15, 0.2) is 0 Å². The van der Waals surface area contributed by atoms with Crippen LogP contribution in [0.1, 0.15) is 42.0 Å². The lowest BCUT2D eigenvalue weighted by atomic mass is 10.0. The molecule has 0 spiro atoms. The van der Waals surface area contributed by atoms with E-state index in [1.54, 1.807) is 37.3 Å². The maximum absolute atomic E-state index is 14.6. The van der Waals surface area contributed by atoms with Crippen LogP contribution in [0.15, 0.2) is 106 Å². The van der Waals surface area contributed by atoms with Gasteiger partial charge < -0.3 is 10.2 Å². The summed E-state index contributed by atoms with van der Waals surface area (Å²) in [6, 6.07) is 27.5. The molecule has 0 fully saturated rings. The summed E-state index contributed by atoms with van der Waals surface area (Å²) in [5.74, 6) is -0.825. The number of benzene rings is 4. The average molecular weight is 725 g/mol. The normalized spacial score (nSPS) is 11.9. The number of carbonyl (C=O) groups excluding carboxylic acids is 2. The molecule has 7 nitrogen and oxygen atoms in total. The Kier molecular flexibility index (Phi) is 12.4. The van der Waals surface area contributed by atoms with Crippen LogP contribution in [0.4, 0.5) is 5.69 Å². The van der Waals surface area contributed by atoms with Gasteiger partial charge in [-0.05, 0) is 73.4 Å². The number of unbranched alkanes of at least 4 members (excludes halogenated alkanes) is 1. The van der Waals surface area contributed by atoms with Crippen molar-refractivity contribution >= 4 is 55.1 Å². The topological polar surface area (TPSA) is 86.8 Å². The van der Waals surface area contributed by atoms with Gasteiger partial charge in [0, 0.05) is 29.0 Å². The molecule has 0 unspecified atom stereocenters. The van der Waals surface area contributed by atoms with Gasteiger partial charge in [-0.1, -0.05) is 107 Å². The fourth-order valence-corrected chi connectivity index (χ4v) is 7.18. The first-order valence-corrected chi connectivity index (χ1v) is 17.8. The number of hydrogen-bond donors (Lipinski definition) is 1. The van der Waals surface area contributed by atoms with Crippen LogP contribution in [0.3, 0.4) is 0 Å². The maximum Gasteiger partial charge on any atom is 0.264 e. The minimum atomic E-state index is -4.22. The predicted octanol–water partition coefficient (Wildman–Crippen LogP) is 7.47. The van der Waals surface area contributed by atoms with E-state index in [4.69, 9.17) is 11.6 Å². The van der Waals surface area contributed by atoms with E-state index in [0.717, 1.165) is 38.3 Å². The smallest absolute Gasteiger partial charge is 0.264 e. The van der Waals surface area contributed by atoms with Gasteiger partial charge in [-0.2, -0.15) is 0 Å². The van der Waals surface area contributed by atoms with E-state index in [0.29, 0.717) is 17.1 Å². The Hall–Kier alpha value is -3.66. The lowest BCUT2D eigenvalue weighted by Gasteiger charge is -2.34. The fourth-order valence-electron chi connectivity index (χ4n) is 5.09. The summed E-state index contributed by atoms with van der Waals surface area (Å²) in [4.78, 5) is 30.0. The van der Waals surface area contributed by atoms with Crippen molar-refractivity contribution < 1.29 is 18.0 Å². The number of rotatable bonds is 14. The Labute approximate surface area is 285 Å². The third-order valence-corrected chi connectivity index (χ3v) is 10.2. The van der Waals surface area contributed by atoms with Gasteiger partial charge >= 0.3 is 0 Å². The van der Waals surface area contributed by atoms with Gasteiger partial charge in [-0.3, -0.25) is 13.9 Å². The average Bonchev–Trinajstić information content (AvgIpc) is 3.03. The fraction of sp³-hybridized carbons (Fsp3) is 0.278. The molecule has 0 bridgehead atoms. The quantitative estimate of drug-likeness (QED) is 0.137. The van der Waals surface area contributed by atoms with Crippen molar-refractivity contribution in [1.29, 1.82) is 0 Å². The summed E-state index contributed by atoms with van der Waals surface area (Å²) < 4.78 is 30.5. The highest BCUT2D eigenvalue weighted by atomic mass is 79.9. The number of nitrogens with one attached hydrogen (secondary N) is 1. The molecule has 0 aromatic heterocycles. The number of aryl methyl sites for hydroxylation is 2. The minimum absolute atomic E-state index is 0.0435. The predicted molar refractivity (Wildman–Crippen MR) is 188 cm³/mol. The molecule has 1 N–H and O–H groups in total. The van der Waals surface area contributed by atoms with Crippen LogP contribution < -0.4 is 9.62 Å². The largest absolute Gasteiger partial charge is 0.354 e. The first-order chi connectivity index (χ1) is 22.0. The van der Waals surface area contributed by atoms with Crippen LogP contribution in [0.2, 0.25) is 5.02 Å². The maximum atomic E-state index is 14.6. The summed E-state index contributed by atoms with van der Waals surface area (Å²) in [5, 5.41) is 3.34.